The molecule has 2 rings (SSSR count). The fraction of sp³-hybridized carbons (Fsp3) is 0.750. The first-order valence-corrected chi connectivity index (χ1v) is 11.2. The van der Waals surface area contributed by atoms with Crippen molar-refractivity contribution in [3.05, 3.63) is 23.3 Å². The van der Waals surface area contributed by atoms with E-state index in [1.165, 1.54) is 51.4 Å². The van der Waals surface area contributed by atoms with E-state index in [1.807, 2.05) is 12.2 Å². The van der Waals surface area contributed by atoms with Gasteiger partial charge in [0.1, 0.15) is 0 Å². The zero-order chi connectivity index (χ0) is 18.8. The van der Waals surface area contributed by atoms with Gasteiger partial charge in [-0.1, -0.05) is 103 Å². The van der Waals surface area contributed by atoms with Gasteiger partial charge in [0.15, 0.2) is 11.6 Å². The molecule has 2 aliphatic carbocycles. The summed E-state index contributed by atoms with van der Waals surface area (Å²) in [6, 6.07) is 0. The third kappa shape index (κ3) is 4.96. The molecule has 2 aliphatic rings. The molecule has 0 amide bonds. The number of rotatable bonds is 14. The summed E-state index contributed by atoms with van der Waals surface area (Å²) in [5.74, 6) is 0.293. The van der Waals surface area contributed by atoms with Crippen molar-refractivity contribution in [1.82, 2.24) is 0 Å². The van der Waals surface area contributed by atoms with Crippen molar-refractivity contribution in [2.24, 2.45) is 5.41 Å². The highest BCUT2D eigenvalue weighted by Gasteiger charge is 2.54. The molecular formula is C24H38O2. The molecule has 2 nitrogen and oxygen atoms in total. The van der Waals surface area contributed by atoms with Crippen molar-refractivity contribution in [2.45, 2.75) is 110 Å². The van der Waals surface area contributed by atoms with Crippen LogP contribution in [0.3, 0.4) is 0 Å². The number of ketones is 2. The molecule has 0 atom stereocenters. The van der Waals surface area contributed by atoms with E-state index >= 15 is 0 Å². The van der Waals surface area contributed by atoms with E-state index in [2.05, 4.69) is 13.8 Å². The molecule has 0 heterocycles. The number of allylic oxidation sites excluding steroid dienone is 4. The predicted octanol–water partition coefficient (Wildman–Crippen LogP) is 6.88. The molecule has 26 heavy (non-hydrogen) atoms. The van der Waals surface area contributed by atoms with E-state index in [0.29, 0.717) is 0 Å². The molecule has 1 saturated carbocycles. The van der Waals surface area contributed by atoms with E-state index in [4.69, 9.17) is 0 Å². The first-order valence-electron chi connectivity index (χ1n) is 11.2. The van der Waals surface area contributed by atoms with E-state index in [9.17, 15) is 9.59 Å². The van der Waals surface area contributed by atoms with Crippen molar-refractivity contribution in [1.29, 1.82) is 0 Å². The Morgan fingerprint density at radius 3 is 1.46 bits per heavy atom. The number of Topliss-reactive ketones (excluding diaryl/α,β-unsaturated/α-hetero) is 2. The molecule has 0 aromatic carbocycles. The molecule has 0 unspecified atom stereocenters. The standard InChI is InChI=1S/C24H38O2/c1-3-5-7-9-11-13-18-24(19-14-12-10-8-6-4-2)22(25)20-16-15-17-21(20)23(24)26/h16-17H,3-15,18-19H2,1-2H3. The van der Waals surface area contributed by atoms with Crippen molar-refractivity contribution in [3.8, 4) is 0 Å². The predicted molar refractivity (Wildman–Crippen MR) is 109 cm³/mol. The second-order valence-corrected chi connectivity index (χ2v) is 8.25. The lowest BCUT2D eigenvalue weighted by molar-refractivity contribution is -0.134. The number of fused-ring (bicyclic) bond motifs is 1. The van der Waals surface area contributed by atoms with Gasteiger partial charge < -0.3 is 0 Å². The van der Waals surface area contributed by atoms with Crippen molar-refractivity contribution >= 4 is 11.6 Å². The highest BCUT2D eigenvalue weighted by atomic mass is 16.2. The molecule has 0 aromatic heterocycles. The molecule has 0 aromatic rings. The Kier molecular flexibility index (Phi) is 8.81. The largest absolute Gasteiger partial charge is 0.293 e. The fourth-order valence-electron chi connectivity index (χ4n) is 4.56. The van der Waals surface area contributed by atoms with Crippen LogP contribution in [0.15, 0.2) is 23.3 Å². The zero-order valence-electron chi connectivity index (χ0n) is 17.1. The maximum atomic E-state index is 13.1. The average Bonchev–Trinajstić information content (AvgIpc) is 3.20. The molecule has 146 valence electrons. The Morgan fingerprint density at radius 2 is 1.04 bits per heavy atom. The first-order chi connectivity index (χ1) is 12.7. The van der Waals surface area contributed by atoms with Crippen LogP contribution in [0.2, 0.25) is 0 Å². The molecule has 0 radical (unpaired) electrons. The second-order valence-electron chi connectivity index (χ2n) is 8.25. The minimum absolute atomic E-state index is 0.147. The average molecular weight is 359 g/mol. The zero-order valence-corrected chi connectivity index (χ0v) is 17.1. The lowest BCUT2D eigenvalue weighted by atomic mass is 9.74. The van der Waals surface area contributed by atoms with E-state index in [1.54, 1.807) is 0 Å². The van der Waals surface area contributed by atoms with Crippen LogP contribution in [0.1, 0.15) is 110 Å². The molecular weight excluding hydrogens is 320 g/mol. The van der Waals surface area contributed by atoms with Gasteiger partial charge in [0.05, 0.1) is 5.41 Å². The normalized spacial score (nSPS) is 18.2. The van der Waals surface area contributed by atoms with Crippen LogP contribution < -0.4 is 0 Å². The van der Waals surface area contributed by atoms with Gasteiger partial charge in [0, 0.05) is 11.1 Å². The van der Waals surface area contributed by atoms with Gasteiger partial charge in [-0.05, 0) is 19.3 Å². The van der Waals surface area contributed by atoms with E-state index in [0.717, 1.165) is 56.1 Å². The van der Waals surface area contributed by atoms with Crippen LogP contribution >= 0.6 is 0 Å². The van der Waals surface area contributed by atoms with Gasteiger partial charge in [0.25, 0.3) is 0 Å². The van der Waals surface area contributed by atoms with Crippen LogP contribution in [0.25, 0.3) is 0 Å². The highest BCUT2D eigenvalue weighted by Crippen LogP contribution is 2.48. The number of carbonyl (C=O) groups is 2. The highest BCUT2D eigenvalue weighted by molar-refractivity contribution is 6.32. The molecule has 0 bridgehead atoms. The quantitative estimate of drug-likeness (QED) is 0.250. The first kappa shape index (κ1) is 21.1. The summed E-state index contributed by atoms with van der Waals surface area (Å²) in [7, 11) is 0. The number of unbranched alkanes of at least 4 members (excludes halogenated alkanes) is 10. The molecule has 0 saturated heterocycles. The molecule has 0 spiro atoms. The van der Waals surface area contributed by atoms with Gasteiger partial charge >= 0.3 is 0 Å². The van der Waals surface area contributed by atoms with Crippen molar-refractivity contribution < 1.29 is 9.59 Å². The maximum absolute atomic E-state index is 13.1. The Bertz CT molecular complexity index is 490. The van der Waals surface area contributed by atoms with Gasteiger partial charge in [-0.25, -0.2) is 0 Å². The summed E-state index contributed by atoms with van der Waals surface area (Å²) >= 11 is 0. The third-order valence-electron chi connectivity index (χ3n) is 6.21. The smallest absolute Gasteiger partial charge is 0.177 e. The van der Waals surface area contributed by atoms with Crippen molar-refractivity contribution in [3.63, 3.8) is 0 Å². The molecule has 0 N–H and O–H groups in total. The summed E-state index contributed by atoms with van der Waals surface area (Å²) in [6.07, 6.45) is 20.7. The molecule has 1 fully saturated rings. The van der Waals surface area contributed by atoms with Gasteiger partial charge in [-0.2, -0.15) is 0 Å². The van der Waals surface area contributed by atoms with Gasteiger partial charge in [-0.3, -0.25) is 9.59 Å². The van der Waals surface area contributed by atoms with Crippen LogP contribution in [0.5, 0.6) is 0 Å². The van der Waals surface area contributed by atoms with Crippen LogP contribution in [0.4, 0.5) is 0 Å². The van der Waals surface area contributed by atoms with E-state index < -0.39 is 5.41 Å². The lowest BCUT2D eigenvalue weighted by Crippen LogP contribution is -2.33. The van der Waals surface area contributed by atoms with Crippen LogP contribution in [-0.4, -0.2) is 11.6 Å². The SMILES string of the molecule is CCCCCCCCC1(CCCCCCCC)C(=O)C2=CCC=C2C1=O. The van der Waals surface area contributed by atoms with Crippen LogP contribution in [-0.2, 0) is 9.59 Å². The number of hydrogen-bond donors (Lipinski definition) is 0. The minimum atomic E-state index is -0.715. The summed E-state index contributed by atoms with van der Waals surface area (Å²) < 4.78 is 0. The molecule has 2 heteroatoms. The van der Waals surface area contributed by atoms with Crippen molar-refractivity contribution in [2.75, 3.05) is 0 Å². The van der Waals surface area contributed by atoms with Crippen LogP contribution in [0, 0.1) is 5.41 Å². The number of hydrogen-bond acceptors (Lipinski definition) is 2. The van der Waals surface area contributed by atoms with Gasteiger partial charge in [0.2, 0.25) is 0 Å². The molecule has 0 aliphatic heterocycles. The Morgan fingerprint density at radius 1 is 0.654 bits per heavy atom. The monoisotopic (exact) mass is 358 g/mol. The Hall–Kier alpha value is -1.18. The third-order valence-corrected chi connectivity index (χ3v) is 6.21. The Balaban J connectivity index is 1.92. The summed E-state index contributed by atoms with van der Waals surface area (Å²) in [5.41, 5.74) is 0.770. The number of carbonyl (C=O) groups excluding carboxylic acids is 2. The maximum Gasteiger partial charge on any atom is 0.177 e. The summed E-state index contributed by atoms with van der Waals surface area (Å²) in [4.78, 5) is 26.2. The second kappa shape index (κ2) is 10.8. The van der Waals surface area contributed by atoms with Gasteiger partial charge in [-0.15, -0.1) is 0 Å². The lowest BCUT2D eigenvalue weighted by Gasteiger charge is -2.25. The topological polar surface area (TPSA) is 34.1 Å². The summed E-state index contributed by atoms with van der Waals surface area (Å²) in [6.45, 7) is 4.46. The minimum Gasteiger partial charge on any atom is -0.293 e. The van der Waals surface area contributed by atoms with E-state index in [-0.39, 0.29) is 11.6 Å². The fourth-order valence-corrected chi connectivity index (χ4v) is 4.56. The summed E-state index contributed by atoms with van der Waals surface area (Å²) in [5, 5.41) is 0. The Labute approximate surface area is 160 Å².